The van der Waals surface area contributed by atoms with Gasteiger partial charge in [-0.15, -0.1) is 6.58 Å². The Morgan fingerprint density at radius 2 is 1.95 bits per heavy atom. The molecule has 1 heteroatoms. The first-order valence-corrected chi connectivity index (χ1v) is 8.72. The highest BCUT2D eigenvalue weighted by Gasteiger charge is 2.50. The van der Waals surface area contributed by atoms with Crippen LogP contribution in [-0.4, -0.2) is 11.7 Å². The minimum absolute atomic E-state index is 0.0643. The van der Waals surface area contributed by atoms with Crippen LogP contribution in [0.1, 0.15) is 73.1 Å². The molecular weight excluding hydrogens is 256 g/mol. The first-order chi connectivity index (χ1) is 9.73. The van der Waals surface area contributed by atoms with Gasteiger partial charge in [0, 0.05) is 6.61 Å². The minimum Gasteiger partial charge on any atom is -0.396 e. The third-order valence-corrected chi connectivity index (χ3v) is 6.30. The van der Waals surface area contributed by atoms with Crippen molar-refractivity contribution in [1.29, 1.82) is 0 Å². The molecule has 1 N–H and O–H groups in total. The van der Waals surface area contributed by atoms with E-state index in [1.807, 2.05) is 0 Å². The number of hydrogen-bond acceptors (Lipinski definition) is 1. The Balaban J connectivity index is 2.43. The second kappa shape index (κ2) is 5.91. The van der Waals surface area contributed by atoms with Gasteiger partial charge in [0.1, 0.15) is 0 Å². The lowest BCUT2D eigenvalue weighted by molar-refractivity contribution is 0.0319. The molecule has 0 amide bonds. The highest BCUT2D eigenvalue weighted by molar-refractivity contribution is 5.34. The van der Waals surface area contributed by atoms with Crippen LogP contribution in [-0.2, 0) is 0 Å². The van der Waals surface area contributed by atoms with Crippen molar-refractivity contribution in [3.63, 3.8) is 0 Å². The van der Waals surface area contributed by atoms with Crippen molar-refractivity contribution in [1.82, 2.24) is 0 Å². The van der Waals surface area contributed by atoms with E-state index < -0.39 is 0 Å². The van der Waals surface area contributed by atoms with Gasteiger partial charge in [0.05, 0.1) is 0 Å². The van der Waals surface area contributed by atoms with Gasteiger partial charge in [-0.1, -0.05) is 44.4 Å². The lowest BCUT2D eigenvalue weighted by Gasteiger charge is -2.50. The van der Waals surface area contributed by atoms with Gasteiger partial charge in [-0.3, -0.25) is 0 Å². The molecule has 2 aliphatic rings. The van der Waals surface area contributed by atoms with Crippen LogP contribution >= 0.6 is 0 Å². The van der Waals surface area contributed by atoms with Crippen LogP contribution in [0.5, 0.6) is 0 Å². The number of aliphatic hydroxyl groups is 1. The number of aliphatic hydroxyl groups excluding tert-OH is 1. The van der Waals surface area contributed by atoms with Crippen LogP contribution in [0.25, 0.3) is 0 Å². The van der Waals surface area contributed by atoms with E-state index >= 15 is 0 Å². The quantitative estimate of drug-likeness (QED) is 0.662. The molecule has 120 valence electrons. The van der Waals surface area contributed by atoms with Gasteiger partial charge in [-0.25, -0.2) is 0 Å². The van der Waals surface area contributed by atoms with Crippen molar-refractivity contribution in [3.05, 3.63) is 23.3 Å². The lowest BCUT2D eigenvalue weighted by atomic mass is 9.55. The fourth-order valence-corrected chi connectivity index (χ4v) is 4.73. The van der Waals surface area contributed by atoms with Gasteiger partial charge in [0.15, 0.2) is 0 Å². The molecular formula is C20H34O. The number of rotatable bonds is 5. The molecule has 0 spiro atoms. The van der Waals surface area contributed by atoms with E-state index in [4.69, 9.17) is 0 Å². The Morgan fingerprint density at radius 1 is 1.29 bits per heavy atom. The van der Waals surface area contributed by atoms with Crippen molar-refractivity contribution in [2.24, 2.45) is 22.7 Å². The van der Waals surface area contributed by atoms with Crippen LogP contribution < -0.4 is 0 Å². The van der Waals surface area contributed by atoms with E-state index in [1.165, 1.54) is 24.8 Å². The van der Waals surface area contributed by atoms with Crippen molar-refractivity contribution < 1.29 is 5.11 Å². The standard InChI is InChI=1S/C20H34O/c1-14(2)7-8-17-18-16(15(3)4)9-10-19(18,5)11-12-20(17,6)13-21/h15,17,21H,1,7-13H2,2-6H3/t17-,19+,20+/m0/s1. The highest BCUT2D eigenvalue weighted by Crippen LogP contribution is 2.61. The summed E-state index contributed by atoms with van der Waals surface area (Å²) in [7, 11) is 0. The molecule has 0 bridgehead atoms. The molecule has 0 unspecified atom stereocenters. The third-order valence-electron chi connectivity index (χ3n) is 6.30. The lowest BCUT2D eigenvalue weighted by Crippen LogP contribution is -2.42. The van der Waals surface area contributed by atoms with Crippen LogP contribution in [0.2, 0.25) is 0 Å². The summed E-state index contributed by atoms with van der Waals surface area (Å²) in [6, 6.07) is 0. The molecule has 0 radical (unpaired) electrons. The summed E-state index contributed by atoms with van der Waals surface area (Å²) in [6.45, 7) is 16.0. The Morgan fingerprint density at radius 3 is 2.48 bits per heavy atom. The molecule has 1 fully saturated rings. The fourth-order valence-electron chi connectivity index (χ4n) is 4.73. The monoisotopic (exact) mass is 290 g/mol. The van der Waals surface area contributed by atoms with Crippen LogP contribution in [0.3, 0.4) is 0 Å². The Kier molecular flexibility index (Phi) is 4.73. The summed E-state index contributed by atoms with van der Waals surface area (Å²) in [6.07, 6.45) is 7.25. The van der Waals surface area contributed by atoms with Gasteiger partial charge in [-0.05, 0) is 68.1 Å². The molecule has 3 atom stereocenters. The van der Waals surface area contributed by atoms with Crippen molar-refractivity contribution >= 4 is 0 Å². The maximum absolute atomic E-state index is 10.1. The maximum Gasteiger partial charge on any atom is 0.0490 e. The summed E-state index contributed by atoms with van der Waals surface area (Å²) < 4.78 is 0. The predicted octanol–water partition coefficient (Wildman–Crippen LogP) is 5.50. The Bertz CT molecular complexity index is 445. The summed E-state index contributed by atoms with van der Waals surface area (Å²) in [5.41, 5.74) is 5.15. The summed E-state index contributed by atoms with van der Waals surface area (Å²) in [5.74, 6) is 1.19. The topological polar surface area (TPSA) is 20.2 Å². The van der Waals surface area contributed by atoms with Crippen molar-refractivity contribution in [2.45, 2.75) is 73.1 Å². The van der Waals surface area contributed by atoms with E-state index in [0.29, 0.717) is 23.9 Å². The molecule has 0 heterocycles. The predicted molar refractivity (Wildman–Crippen MR) is 91.2 cm³/mol. The van der Waals surface area contributed by atoms with Crippen molar-refractivity contribution in [2.75, 3.05) is 6.61 Å². The van der Waals surface area contributed by atoms with Gasteiger partial charge in [0.2, 0.25) is 0 Å². The van der Waals surface area contributed by atoms with E-state index in [9.17, 15) is 5.11 Å². The molecule has 0 saturated heterocycles. The smallest absolute Gasteiger partial charge is 0.0490 e. The zero-order chi connectivity index (χ0) is 15.8. The van der Waals surface area contributed by atoms with Crippen LogP contribution in [0.15, 0.2) is 23.3 Å². The molecule has 0 aliphatic heterocycles. The number of allylic oxidation sites excluding steroid dienone is 3. The van der Waals surface area contributed by atoms with Gasteiger partial charge in [0.25, 0.3) is 0 Å². The average molecular weight is 290 g/mol. The molecule has 0 aromatic carbocycles. The highest BCUT2D eigenvalue weighted by atomic mass is 16.3. The summed E-state index contributed by atoms with van der Waals surface area (Å²) in [5, 5.41) is 10.1. The zero-order valence-corrected chi connectivity index (χ0v) is 14.8. The second-order valence-corrected chi connectivity index (χ2v) is 8.51. The van der Waals surface area contributed by atoms with Crippen molar-refractivity contribution in [3.8, 4) is 0 Å². The molecule has 2 aliphatic carbocycles. The molecule has 21 heavy (non-hydrogen) atoms. The fraction of sp³-hybridized carbons (Fsp3) is 0.800. The molecule has 2 rings (SSSR count). The third kappa shape index (κ3) is 2.99. The van der Waals surface area contributed by atoms with Gasteiger partial charge >= 0.3 is 0 Å². The van der Waals surface area contributed by atoms with Gasteiger partial charge < -0.3 is 5.11 Å². The second-order valence-electron chi connectivity index (χ2n) is 8.51. The molecule has 1 saturated carbocycles. The normalized spacial score (nSPS) is 36.2. The molecule has 0 aromatic heterocycles. The van der Waals surface area contributed by atoms with E-state index in [2.05, 4.69) is 41.2 Å². The minimum atomic E-state index is 0.0643. The summed E-state index contributed by atoms with van der Waals surface area (Å²) >= 11 is 0. The zero-order valence-electron chi connectivity index (χ0n) is 14.8. The first-order valence-electron chi connectivity index (χ1n) is 8.72. The Labute approximate surface area is 131 Å². The van der Waals surface area contributed by atoms with Crippen LogP contribution in [0, 0.1) is 22.7 Å². The maximum atomic E-state index is 10.1. The SMILES string of the molecule is C=C(C)CC[C@H]1C2=C(C(C)C)CC[C@]2(C)CC[C@]1(C)CO. The van der Waals surface area contributed by atoms with E-state index in [1.54, 1.807) is 11.1 Å². The van der Waals surface area contributed by atoms with E-state index in [-0.39, 0.29) is 5.41 Å². The number of fused-ring (bicyclic) bond motifs is 1. The van der Waals surface area contributed by atoms with Gasteiger partial charge in [-0.2, -0.15) is 0 Å². The first kappa shape index (κ1) is 16.8. The van der Waals surface area contributed by atoms with E-state index in [0.717, 1.165) is 19.3 Å². The number of hydrogen-bond donors (Lipinski definition) is 1. The van der Waals surface area contributed by atoms with Crippen LogP contribution in [0.4, 0.5) is 0 Å². The summed E-state index contributed by atoms with van der Waals surface area (Å²) in [4.78, 5) is 0. The average Bonchev–Trinajstić information content (AvgIpc) is 2.76. The Hall–Kier alpha value is -0.560. The molecule has 0 aromatic rings. The molecule has 1 nitrogen and oxygen atoms in total. The largest absolute Gasteiger partial charge is 0.396 e.